The predicted molar refractivity (Wildman–Crippen MR) is 105 cm³/mol. The van der Waals surface area contributed by atoms with Crippen molar-refractivity contribution < 1.29 is 4.79 Å². The van der Waals surface area contributed by atoms with Crippen molar-refractivity contribution in [3.8, 4) is 0 Å². The summed E-state index contributed by atoms with van der Waals surface area (Å²) in [6.07, 6.45) is 8.23. The van der Waals surface area contributed by atoms with E-state index in [4.69, 9.17) is 15.8 Å². The second-order valence-electron chi connectivity index (χ2n) is 7.30. The minimum Gasteiger partial charge on any atom is -0.353 e. The van der Waals surface area contributed by atoms with Crippen LogP contribution in [-0.2, 0) is 4.79 Å². The van der Waals surface area contributed by atoms with E-state index in [1.54, 1.807) is 11.1 Å². The number of amides is 1. The highest BCUT2D eigenvalue weighted by atomic mass is 16.2. The summed E-state index contributed by atoms with van der Waals surface area (Å²) in [6.45, 7) is 3.59. The van der Waals surface area contributed by atoms with Gasteiger partial charge in [0.2, 0.25) is 11.9 Å². The zero-order valence-electron chi connectivity index (χ0n) is 15.6. The van der Waals surface area contributed by atoms with Crippen LogP contribution in [0.4, 0.5) is 17.5 Å². The summed E-state index contributed by atoms with van der Waals surface area (Å²) in [7, 11) is 0. The van der Waals surface area contributed by atoms with Crippen LogP contribution in [0.2, 0.25) is 0 Å². The van der Waals surface area contributed by atoms with Crippen molar-refractivity contribution in [2.24, 2.45) is 0 Å². The lowest BCUT2D eigenvalue weighted by Gasteiger charge is -2.45. The number of fused-ring (bicyclic) bond motifs is 1. The Balaban J connectivity index is 1.78. The van der Waals surface area contributed by atoms with Crippen LogP contribution in [0.25, 0.3) is 0 Å². The monoisotopic (exact) mass is 370 g/mol. The van der Waals surface area contributed by atoms with Gasteiger partial charge >= 0.3 is 0 Å². The van der Waals surface area contributed by atoms with Crippen LogP contribution in [0.1, 0.15) is 39.0 Å². The Bertz CT molecular complexity index is 760. The van der Waals surface area contributed by atoms with Crippen LogP contribution in [0, 0.1) is 10.8 Å². The summed E-state index contributed by atoms with van der Waals surface area (Å²) in [5, 5.41) is 19.2. The third kappa shape index (κ3) is 3.00. The van der Waals surface area contributed by atoms with Gasteiger partial charge in [-0.05, 0) is 19.3 Å². The highest BCUT2D eigenvalue weighted by molar-refractivity contribution is 6.16. The Labute approximate surface area is 158 Å². The second kappa shape index (κ2) is 7.13. The number of hydrogen-bond donors (Lipinski definition) is 3. The van der Waals surface area contributed by atoms with Crippen molar-refractivity contribution >= 4 is 35.5 Å². The average Bonchev–Trinajstić information content (AvgIpc) is 3.21. The predicted octanol–water partition coefficient (Wildman–Crippen LogP) is 1.34. The zero-order chi connectivity index (χ0) is 19.0. The summed E-state index contributed by atoms with van der Waals surface area (Å²) >= 11 is 0. The van der Waals surface area contributed by atoms with Crippen LogP contribution in [0.15, 0.2) is 6.20 Å². The Morgan fingerprint density at radius 1 is 1.37 bits per heavy atom. The Kier molecular flexibility index (Phi) is 4.67. The average molecular weight is 370 g/mol. The van der Waals surface area contributed by atoms with Gasteiger partial charge in [-0.2, -0.15) is 4.98 Å². The highest BCUT2D eigenvalue weighted by Gasteiger charge is 2.40. The number of nitrogens with one attached hydrogen (secondary N) is 3. The van der Waals surface area contributed by atoms with Crippen LogP contribution >= 0.6 is 0 Å². The van der Waals surface area contributed by atoms with E-state index >= 15 is 0 Å². The normalized spacial score (nSPS) is 23.4. The summed E-state index contributed by atoms with van der Waals surface area (Å²) in [4.78, 5) is 26.8. The van der Waals surface area contributed by atoms with Gasteiger partial charge in [-0.1, -0.05) is 19.8 Å². The molecule has 1 amide bonds. The minimum atomic E-state index is -0.102. The Hall–Kier alpha value is -2.71. The van der Waals surface area contributed by atoms with Crippen molar-refractivity contribution in [1.82, 2.24) is 15.3 Å². The number of anilines is 3. The van der Waals surface area contributed by atoms with Gasteiger partial charge in [0.1, 0.15) is 11.5 Å². The van der Waals surface area contributed by atoms with Crippen LogP contribution in [0.3, 0.4) is 0 Å². The molecule has 0 bridgehead atoms. The van der Waals surface area contributed by atoms with Crippen LogP contribution < -0.4 is 20.0 Å². The van der Waals surface area contributed by atoms with Gasteiger partial charge in [0.05, 0.1) is 25.1 Å². The van der Waals surface area contributed by atoms with Crippen molar-refractivity contribution in [3.05, 3.63) is 6.20 Å². The molecular formula is C18H26N8O. The molecule has 144 valence electrons. The molecule has 1 atom stereocenters. The topological polar surface area (TPSA) is 112 Å². The molecule has 2 fully saturated rings. The summed E-state index contributed by atoms with van der Waals surface area (Å²) < 4.78 is 0. The molecule has 1 unspecified atom stereocenters. The number of amidine groups is 1. The van der Waals surface area contributed by atoms with E-state index < -0.39 is 0 Å². The van der Waals surface area contributed by atoms with Crippen LogP contribution in [-0.4, -0.2) is 59.8 Å². The fourth-order valence-electron chi connectivity index (χ4n) is 4.39. The van der Waals surface area contributed by atoms with Crippen LogP contribution in [0.5, 0.6) is 0 Å². The van der Waals surface area contributed by atoms with Gasteiger partial charge in [-0.25, -0.2) is 4.98 Å². The maximum Gasteiger partial charge on any atom is 0.239 e. The van der Waals surface area contributed by atoms with E-state index in [9.17, 15) is 4.79 Å². The maximum absolute atomic E-state index is 11.8. The lowest BCUT2D eigenvalue weighted by Crippen LogP contribution is -2.56. The lowest BCUT2D eigenvalue weighted by atomic mass is 10.0. The molecule has 1 aromatic rings. The van der Waals surface area contributed by atoms with E-state index in [0.29, 0.717) is 36.6 Å². The van der Waals surface area contributed by atoms with Crippen molar-refractivity contribution in [2.75, 3.05) is 34.3 Å². The quantitative estimate of drug-likeness (QED) is 0.545. The fraction of sp³-hybridized carbons (Fsp3) is 0.611. The maximum atomic E-state index is 11.8. The molecule has 1 saturated carbocycles. The first-order valence-corrected chi connectivity index (χ1v) is 9.69. The summed E-state index contributed by atoms with van der Waals surface area (Å²) in [5.41, 5.74) is 0.678. The van der Waals surface area contributed by atoms with E-state index in [2.05, 4.69) is 22.1 Å². The standard InChI is InChI=1S/C18H26N8O/c1-2-13-16(20)25(11-19)14-9-22-18(24-8-7-21-15(27)10-24)23-17(14)26(13)12-5-3-4-6-12/h9,11-13,19-20H,2-8,10H2,1H3,(H,21,27). The minimum absolute atomic E-state index is 0.0236. The fourth-order valence-corrected chi connectivity index (χ4v) is 4.39. The number of carbonyl (C=O) groups excluding carboxylic acids is 1. The molecule has 3 heterocycles. The smallest absolute Gasteiger partial charge is 0.239 e. The molecule has 3 aliphatic rings. The molecular weight excluding hydrogens is 344 g/mol. The van der Waals surface area contributed by atoms with Crippen molar-refractivity contribution in [3.63, 3.8) is 0 Å². The summed E-state index contributed by atoms with van der Waals surface area (Å²) in [5.74, 6) is 1.70. The molecule has 27 heavy (non-hydrogen) atoms. The first-order valence-electron chi connectivity index (χ1n) is 9.69. The van der Waals surface area contributed by atoms with E-state index in [0.717, 1.165) is 25.1 Å². The van der Waals surface area contributed by atoms with Gasteiger partial charge in [0.15, 0.2) is 5.82 Å². The Morgan fingerprint density at radius 2 is 2.15 bits per heavy atom. The largest absolute Gasteiger partial charge is 0.353 e. The molecule has 1 aromatic heterocycles. The molecule has 4 rings (SSSR count). The van der Waals surface area contributed by atoms with Crippen molar-refractivity contribution in [2.45, 2.75) is 51.1 Å². The summed E-state index contributed by atoms with van der Waals surface area (Å²) in [6, 6.07) is 0.254. The van der Waals surface area contributed by atoms with E-state index in [-0.39, 0.29) is 18.5 Å². The molecule has 1 aliphatic carbocycles. The number of carbonyl (C=O) groups is 1. The number of aromatic nitrogens is 2. The molecule has 1 saturated heterocycles. The lowest BCUT2D eigenvalue weighted by molar-refractivity contribution is -0.120. The third-order valence-electron chi connectivity index (χ3n) is 5.71. The van der Waals surface area contributed by atoms with Gasteiger partial charge in [0, 0.05) is 19.1 Å². The Morgan fingerprint density at radius 3 is 2.81 bits per heavy atom. The molecule has 0 spiro atoms. The van der Waals surface area contributed by atoms with E-state index in [1.165, 1.54) is 19.2 Å². The zero-order valence-corrected chi connectivity index (χ0v) is 15.6. The van der Waals surface area contributed by atoms with Gasteiger partial charge in [-0.3, -0.25) is 20.5 Å². The third-order valence-corrected chi connectivity index (χ3v) is 5.71. The number of piperazine rings is 1. The number of hydrogen-bond acceptors (Lipinski definition) is 7. The molecule has 0 aromatic carbocycles. The molecule has 9 nitrogen and oxygen atoms in total. The molecule has 3 N–H and O–H groups in total. The van der Waals surface area contributed by atoms with Gasteiger partial charge in [0.25, 0.3) is 0 Å². The SMILES string of the molecule is CCC1C(=N)N(C=N)c2cnc(N3CCNC(=O)C3)nc2N1C1CCCC1. The first-order chi connectivity index (χ1) is 13.1. The second-order valence-corrected chi connectivity index (χ2v) is 7.30. The van der Waals surface area contributed by atoms with E-state index in [1.807, 2.05) is 4.90 Å². The highest BCUT2D eigenvalue weighted by Crippen LogP contribution is 2.40. The molecule has 2 aliphatic heterocycles. The number of nitrogens with zero attached hydrogens (tertiary/aromatic N) is 5. The number of rotatable bonds is 4. The van der Waals surface area contributed by atoms with Gasteiger partial charge in [-0.15, -0.1) is 0 Å². The van der Waals surface area contributed by atoms with Gasteiger partial charge < -0.3 is 15.1 Å². The molecule has 0 radical (unpaired) electrons. The van der Waals surface area contributed by atoms with Crippen molar-refractivity contribution in [1.29, 1.82) is 10.8 Å². The molecule has 9 heteroatoms. The first kappa shape index (κ1) is 17.7.